The van der Waals surface area contributed by atoms with Gasteiger partial charge in [0.25, 0.3) is 0 Å². The lowest BCUT2D eigenvalue weighted by atomic mass is 10.1. The SMILES string of the molecule is COCCNC(=O)CN1CCCN(CC(C)C(=O)O)CC1. The number of amides is 1. The third-order valence-corrected chi connectivity index (χ3v) is 3.63. The third-order valence-electron chi connectivity index (χ3n) is 3.63. The summed E-state index contributed by atoms with van der Waals surface area (Å²) in [4.78, 5) is 26.9. The van der Waals surface area contributed by atoms with Crippen LogP contribution >= 0.6 is 0 Å². The van der Waals surface area contributed by atoms with Crippen molar-refractivity contribution in [2.24, 2.45) is 5.92 Å². The summed E-state index contributed by atoms with van der Waals surface area (Å²) in [5, 5.41) is 11.8. The van der Waals surface area contributed by atoms with Gasteiger partial charge in [-0.1, -0.05) is 6.92 Å². The quantitative estimate of drug-likeness (QED) is 0.587. The van der Waals surface area contributed by atoms with Gasteiger partial charge in [-0.15, -0.1) is 0 Å². The maximum atomic E-state index is 11.7. The number of hydrogen-bond donors (Lipinski definition) is 2. The van der Waals surface area contributed by atoms with Crippen LogP contribution in [0.5, 0.6) is 0 Å². The Hall–Kier alpha value is -1.18. The van der Waals surface area contributed by atoms with Gasteiger partial charge in [-0.05, 0) is 19.5 Å². The van der Waals surface area contributed by atoms with E-state index in [4.69, 9.17) is 9.84 Å². The van der Waals surface area contributed by atoms with Gasteiger partial charge in [0, 0.05) is 33.3 Å². The molecule has 1 atom stereocenters. The smallest absolute Gasteiger partial charge is 0.307 e. The van der Waals surface area contributed by atoms with Gasteiger partial charge < -0.3 is 20.1 Å². The van der Waals surface area contributed by atoms with Crippen LogP contribution < -0.4 is 5.32 Å². The molecule has 0 bridgehead atoms. The molecule has 122 valence electrons. The van der Waals surface area contributed by atoms with Crippen LogP contribution in [-0.2, 0) is 14.3 Å². The first-order valence-corrected chi connectivity index (χ1v) is 7.46. The highest BCUT2D eigenvalue weighted by atomic mass is 16.5. The predicted octanol–water partition coefficient (Wildman–Crippen LogP) is -0.523. The second kappa shape index (κ2) is 9.70. The number of nitrogens with zero attached hydrogens (tertiary/aromatic N) is 2. The average Bonchev–Trinajstić information content (AvgIpc) is 2.64. The number of methoxy groups -OCH3 is 1. The summed E-state index contributed by atoms with van der Waals surface area (Å²) in [5.41, 5.74) is 0. The van der Waals surface area contributed by atoms with Gasteiger partial charge in [0.05, 0.1) is 19.1 Å². The van der Waals surface area contributed by atoms with Gasteiger partial charge in [0.1, 0.15) is 0 Å². The van der Waals surface area contributed by atoms with Crippen molar-refractivity contribution in [2.45, 2.75) is 13.3 Å². The highest BCUT2D eigenvalue weighted by Crippen LogP contribution is 2.06. The molecule has 1 rings (SSSR count). The maximum absolute atomic E-state index is 11.7. The lowest BCUT2D eigenvalue weighted by molar-refractivity contribution is -0.141. The largest absolute Gasteiger partial charge is 0.481 e. The van der Waals surface area contributed by atoms with E-state index in [-0.39, 0.29) is 11.8 Å². The monoisotopic (exact) mass is 301 g/mol. The molecule has 0 aromatic heterocycles. The summed E-state index contributed by atoms with van der Waals surface area (Å²) >= 11 is 0. The van der Waals surface area contributed by atoms with Crippen molar-refractivity contribution in [1.82, 2.24) is 15.1 Å². The summed E-state index contributed by atoms with van der Waals surface area (Å²) in [6, 6.07) is 0. The summed E-state index contributed by atoms with van der Waals surface area (Å²) in [7, 11) is 1.60. The minimum Gasteiger partial charge on any atom is -0.481 e. The summed E-state index contributed by atoms with van der Waals surface area (Å²) in [6.45, 7) is 7.11. The minimum absolute atomic E-state index is 0.0133. The lowest BCUT2D eigenvalue weighted by Crippen LogP contribution is -2.40. The molecule has 0 aromatic carbocycles. The summed E-state index contributed by atoms with van der Waals surface area (Å²) < 4.78 is 4.89. The van der Waals surface area contributed by atoms with Crippen LogP contribution in [0.3, 0.4) is 0 Å². The van der Waals surface area contributed by atoms with Crippen LogP contribution in [0, 0.1) is 5.92 Å². The van der Waals surface area contributed by atoms with E-state index < -0.39 is 5.97 Å². The standard InChI is InChI=1S/C14H27N3O4/c1-12(14(19)20)10-16-5-3-6-17(8-7-16)11-13(18)15-4-9-21-2/h12H,3-11H2,1-2H3,(H,15,18)(H,19,20). The maximum Gasteiger partial charge on any atom is 0.307 e. The molecule has 1 amide bonds. The Balaban J connectivity index is 2.28. The summed E-state index contributed by atoms with van der Waals surface area (Å²) in [5.74, 6) is -1.10. The number of carbonyl (C=O) groups is 2. The first-order chi connectivity index (χ1) is 10.0. The van der Waals surface area contributed by atoms with Gasteiger partial charge in [0.15, 0.2) is 0 Å². The molecule has 0 saturated carbocycles. The molecule has 1 unspecified atom stereocenters. The fraction of sp³-hybridized carbons (Fsp3) is 0.857. The number of nitrogens with one attached hydrogen (secondary N) is 1. The number of ether oxygens (including phenoxy) is 1. The molecule has 0 aliphatic carbocycles. The highest BCUT2D eigenvalue weighted by Gasteiger charge is 2.20. The zero-order valence-electron chi connectivity index (χ0n) is 13.0. The molecule has 21 heavy (non-hydrogen) atoms. The number of aliphatic carboxylic acids is 1. The van der Waals surface area contributed by atoms with Gasteiger partial charge in [-0.25, -0.2) is 0 Å². The number of rotatable bonds is 8. The van der Waals surface area contributed by atoms with E-state index in [0.717, 1.165) is 32.6 Å². The molecular weight excluding hydrogens is 274 g/mol. The molecule has 7 heteroatoms. The zero-order valence-corrected chi connectivity index (χ0v) is 13.0. The lowest BCUT2D eigenvalue weighted by Gasteiger charge is -2.22. The normalized spacial score (nSPS) is 19.0. The van der Waals surface area contributed by atoms with Crippen LogP contribution in [-0.4, -0.2) is 86.3 Å². The van der Waals surface area contributed by atoms with Crippen LogP contribution in [0.25, 0.3) is 0 Å². The molecule has 0 aromatic rings. The van der Waals surface area contributed by atoms with Crippen LogP contribution in [0.4, 0.5) is 0 Å². The van der Waals surface area contributed by atoms with Gasteiger partial charge in [-0.3, -0.25) is 14.5 Å². The summed E-state index contributed by atoms with van der Waals surface area (Å²) in [6.07, 6.45) is 0.956. The second-order valence-corrected chi connectivity index (χ2v) is 5.51. The fourth-order valence-electron chi connectivity index (χ4n) is 2.38. The molecule has 2 N–H and O–H groups in total. The van der Waals surface area contributed by atoms with E-state index in [0.29, 0.717) is 26.2 Å². The van der Waals surface area contributed by atoms with E-state index in [2.05, 4.69) is 15.1 Å². The number of carboxylic acids is 1. The van der Waals surface area contributed by atoms with Crippen molar-refractivity contribution >= 4 is 11.9 Å². The number of hydrogen-bond acceptors (Lipinski definition) is 5. The second-order valence-electron chi connectivity index (χ2n) is 5.51. The molecule has 1 aliphatic rings. The van der Waals surface area contributed by atoms with Crippen molar-refractivity contribution < 1.29 is 19.4 Å². The first kappa shape index (κ1) is 17.9. The molecule has 7 nitrogen and oxygen atoms in total. The minimum atomic E-state index is -0.756. The van der Waals surface area contributed by atoms with E-state index in [1.807, 2.05) is 0 Å². The predicted molar refractivity (Wildman–Crippen MR) is 79.2 cm³/mol. The average molecular weight is 301 g/mol. The van der Waals surface area contributed by atoms with Crippen LogP contribution in [0.1, 0.15) is 13.3 Å². The highest BCUT2D eigenvalue weighted by molar-refractivity contribution is 5.78. The Bertz CT molecular complexity index is 338. The van der Waals surface area contributed by atoms with E-state index in [1.54, 1.807) is 14.0 Å². The van der Waals surface area contributed by atoms with Crippen LogP contribution in [0.2, 0.25) is 0 Å². The van der Waals surface area contributed by atoms with Gasteiger partial charge in [0.2, 0.25) is 5.91 Å². The Labute approximate surface area is 126 Å². The zero-order chi connectivity index (χ0) is 15.7. The molecule has 1 heterocycles. The van der Waals surface area contributed by atoms with Gasteiger partial charge >= 0.3 is 5.97 Å². The fourth-order valence-corrected chi connectivity index (χ4v) is 2.38. The van der Waals surface area contributed by atoms with Crippen LogP contribution in [0.15, 0.2) is 0 Å². The topological polar surface area (TPSA) is 82.1 Å². The van der Waals surface area contributed by atoms with Crippen molar-refractivity contribution in [1.29, 1.82) is 0 Å². The Morgan fingerprint density at radius 2 is 1.90 bits per heavy atom. The number of carbonyl (C=O) groups excluding carboxylic acids is 1. The molecular formula is C14H27N3O4. The molecule has 1 aliphatic heterocycles. The molecule has 1 saturated heterocycles. The first-order valence-electron chi connectivity index (χ1n) is 7.46. The Morgan fingerprint density at radius 1 is 1.24 bits per heavy atom. The van der Waals surface area contributed by atoms with Crippen molar-refractivity contribution in [3.63, 3.8) is 0 Å². The van der Waals surface area contributed by atoms with Gasteiger partial charge in [-0.2, -0.15) is 0 Å². The van der Waals surface area contributed by atoms with E-state index >= 15 is 0 Å². The Morgan fingerprint density at radius 3 is 2.57 bits per heavy atom. The number of carboxylic acid groups (broad SMARTS) is 1. The molecule has 0 spiro atoms. The van der Waals surface area contributed by atoms with Crippen molar-refractivity contribution in [3.05, 3.63) is 0 Å². The van der Waals surface area contributed by atoms with Crippen molar-refractivity contribution in [3.8, 4) is 0 Å². The van der Waals surface area contributed by atoms with E-state index in [9.17, 15) is 9.59 Å². The van der Waals surface area contributed by atoms with Crippen molar-refractivity contribution in [2.75, 3.05) is 59.5 Å². The third kappa shape index (κ3) is 7.40. The van der Waals surface area contributed by atoms with E-state index in [1.165, 1.54) is 0 Å². The Kier molecular flexibility index (Phi) is 8.26. The molecule has 1 fully saturated rings. The molecule has 0 radical (unpaired) electrons.